The van der Waals surface area contributed by atoms with Crippen molar-refractivity contribution in [3.8, 4) is 0 Å². The summed E-state index contributed by atoms with van der Waals surface area (Å²) in [7, 11) is 1.76. The highest BCUT2D eigenvalue weighted by Crippen LogP contribution is 2.41. The summed E-state index contributed by atoms with van der Waals surface area (Å²) in [4.78, 5) is 11.9. The topological polar surface area (TPSA) is 56.8 Å². The normalized spacial score (nSPS) is 19.2. The van der Waals surface area contributed by atoms with Gasteiger partial charge in [0.25, 0.3) is 0 Å². The zero-order valence-electron chi connectivity index (χ0n) is 22.0. The van der Waals surface area contributed by atoms with E-state index in [1.807, 2.05) is 0 Å². The summed E-state index contributed by atoms with van der Waals surface area (Å²) in [5.41, 5.74) is 4.07. The van der Waals surface area contributed by atoms with Crippen molar-refractivity contribution in [3.63, 3.8) is 0 Å². The fourth-order valence-corrected chi connectivity index (χ4v) is 4.77. The third-order valence-corrected chi connectivity index (χ3v) is 6.79. The third kappa shape index (κ3) is 5.47. The Morgan fingerprint density at radius 3 is 1.68 bits per heavy atom. The maximum absolute atomic E-state index is 11.9. The first kappa shape index (κ1) is 26.2. The lowest BCUT2D eigenvalue weighted by molar-refractivity contribution is -0.0127. The Bertz CT molecular complexity index is 894. The maximum atomic E-state index is 11.9. The van der Waals surface area contributed by atoms with E-state index in [2.05, 4.69) is 95.4 Å². The summed E-state index contributed by atoms with van der Waals surface area (Å²) < 4.78 is 16.9. The number of nitrogens with one attached hydrogen (secondary N) is 1. The maximum Gasteiger partial charge on any atom is 0.508 e. The molecule has 0 spiro atoms. The molecular weight excluding hydrogens is 426 g/mol. The third-order valence-electron chi connectivity index (χ3n) is 6.79. The Morgan fingerprint density at radius 2 is 1.29 bits per heavy atom. The lowest BCUT2D eigenvalue weighted by Gasteiger charge is -2.39. The van der Waals surface area contributed by atoms with Crippen LogP contribution in [0.15, 0.2) is 48.5 Å². The first-order valence-corrected chi connectivity index (χ1v) is 12.3. The average Bonchev–Trinajstić information content (AvgIpc) is 3.23. The van der Waals surface area contributed by atoms with Crippen molar-refractivity contribution in [2.45, 2.75) is 83.5 Å². The number of rotatable bonds is 6. The molecule has 1 saturated heterocycles. The molecule has 5 heteroatoms. The van der Waals surface area contributed by atoms with Crippen LogP contribution in [0.1, 0.15) is 77.1 Å². The van der Waals surface area contributed by atoms with Gasteiger partial charge in [0.1, 0.15) is 11.7 Å². The van der Waals surface area contributed by atoms with Gasteiger partial charge in [0.05, 0.1) is 6.61 Å². The van der Waals surface area contributed by atoms with Gasteiger partial charge in [-0.25, -0.2) is 4.79 Å². The van der Waals surface area contributed by atoms with Crippen LogP contribution in [0.3, 0.4) is 0 Å². The Morgan fingerprint density at radius 1 is 0.853 bits per heavy atom. The molecule has 0 bridgehead atoms. The van der Waals surface area contributed by atoms with Gasteiger partial charge in [-0.1, -0.05) is 90.1 Å². The summed E-state index contributed by atoms with van der Waals surface area (Å²) in [5, 5.41) is 3.57. The molecule has 0 aromatic heterocycles. The van der Waals surface area contributed by atoms with Crippen molar-refractivity contribution in [1.82, 2.24) is 5.32 Å². The van der Waals surface area contributed by atoms with Gasteiger partial charge in [-0.2, -0.15) is 0 Å². The van der Waals surface area contributed by atoms with E-state index in [1.54, 1.807) is 14.0 Å². The number of carbonyl (C=O) groups excluding carboxylic acids is 1. The van der Waals surface area contributed by atoms with Crippen molar-refractivity contribution in [3.05, 3.63) is 70.8 Å². The second-order valence-electron chi connectivity index (χ2n) is 11.2. The van der Waals surface area contributed by atoms with E-state index in [1.165, 1.54) is 11.1 Å². The monoisotopic (exact) mass is 467 g/mol. The van der Waals surface area contributed by atoms with Crippen LogP contribution in [0.2, 0.25) is 0 Å². The van der Waals surface area contributed by atoms with Crippen molar-refractivity contribution in [1.29, 1.82) is 0 Å². The van der Waals surface area contributed by atoms with Gasteiger partial charge in [0.15, 0.2) is 0 Å². The highest BCUT2D eigenvalue weighted by Gasteiger charge is 2.47. The Labute approximate surface area is 205 Å². The molecule has 0 saturated carbocycles. The Balaban J connectivity index is 2.03. The minimum absolute atomic E-state index is 0.0623. The summed E-state index contributed by atoms with van der Waals surface area (Å²) in [6, 6.07) is 17.3. The van der Waals surface area contributed by atoms with Crippen LogP contribution in [-0.4, -0.2) is 38.6 Å². The molecule has 1 aliphatic rings. The van der Waals surface area contributed by atoms with Gasteiger partial charge < -0.3 is 19.5 Å². The molecule has 1 fully saturated rings. The lowest BCUT2D eigenvalue weighted by Crippen LogP contribution is -2.47. The molecule has 186 valence electrons. The molecule has 1 heterocycles. The smallest absolute Gasteiger partial charge is 0.435 e. The highest BCUT2D eigenvalue weighted by molar-refractivity contribution is 5.60. The Kier molecular flexibility index (Phi) is 7.79. The summed E-state index contributed by atoms with van der Waals surface area (Å²) >= 11 is 0. The SMILES string of the molecule is CCOC(=O)OC1CNC(C(OC)(c2ccc(C(C)(C)C)cc2)c2ccc(C(C)(C)C)cc2)C1. The summed E-state index contributed by atoms with van der Waals surface area (Å²) in [6.45, 7) is 15.9. The van der Waals surface area contributed by atoms with E-state index in [0.29, 0.717) is 19.6 Å². The molecule has 34 heavy (non-hydrogen) atoms. The minimum Gasteiger partial charge on any atom is -0.435 e. The zero-order valence-corrected chi connectivity index (χ0v) is 22.0. The van der Waals surface area contributed by atoms with Gasteiger partial charge in [-0.3, -0.25) is 0 Å². The number of carbonyl (C=O) groups is 1. The molecule has 2 unspecified atom stereocenters. The van der Waals surface area contributed by atoms with Crippen LogP contribution in [0.4, 0.5) is 4.79 Å². The van der Waals surface area contributed by atoms with Crippen LogP contribution in [0.25, 0.3) is 0 Å². The molecule has 3 rings (SSSR count). The van der Waals surface area contributed by atoms with Gasteiger partial charge in [-0.05, 0) is 40.0 Å². The molecule has 0 amide bonds. The standard InChI is InChI=1S/C29H41NO4/c1-9-33-26(31)34-24-18-25(30-19-24)29(32-8,22-14-10-20(11-15-22)27(2,3)4)23-16-12-21(13-17-23)28(5,6)7/h10-17,24-25,30H,9,18-19H2,1-8H3. The Hall–Kier alpha value is -2.37. The van der Waals surface area contributed by atoms with E-state index < -0.39 is 11.8 Å². The number of benzene rings is 2. The van der Waals surface area contributed by atoms with Gasteiger partial charge in [-0.15, -0.1) is 0 Å². The molecule has 5 nitrogen and oxygen atoms in total. The number of hydrogen-bond acceptors (Lipinski definition) is 5. The molecule has 2 atom stereocenters. The van der Waals surface area contributed by atoms with Crippen LogP contribution >= 0.6 is 0 Å². The number of ether oxygens (including phenoxy) is 3. The van der Waals surface area contributed by atoms with Crippen LogP contribution in [0.5, 0.6) is 0 Å². The average molecular weight is 468 g/mol. The first-order valence-electron chi connectivity index (χ1n) is 12.3. The highest BCUT2D eigenvalue weighted by atomic mass is 16.7. The van der Waals surface area contributed by atoms with Crippen LogP contribution in [0, 0.1) is 0 Å². The fraction of sp³-hybridized carbons (Fsp3) is 0.552. The lowest BCUT2D eigenvalue weighted by atomic mass is 9.76. The van der Waals surface area contributed by atoms with Gasteiger partial charge in [0.2, 0.25) is 0 Å². The predicted molar refractivity (Wildman–Crippen MR) is 136 cm³/mol. The van der Waals surface area contributed by atoms with Crippen molar-refractivity contribution in [2.24, 2.45) is 0 Å². The van der Waals surface area contributed by atoms with Crippen LogP contribution in [-0.2, 0) is 30.6 Å². The molecule has 2 aromatic rings. The van der Waals surface area contributed by atoms with Crippen molar-refractivity contribution >= 4 is 6.16 Å². The second-order valence-corrected chi connectivity index (χ2v) is 11.2. The molecule has 1 aliphatic heterocycles. The predicted octanol–water partition coefficient (Wildman–Crippen LogP) is 6.08. The number of hydrogen-bond donors (Lipinski definition) is 1. The first-order chi connectivity index (χ1) is 15.9. The quantitative estimate of drug-likeness (QED) is 0.522. The van der Waals surface area contributed by atoms with Crippen molar-refractivity contribution < 1.29 is 19.0 Å². The van der Waals surface area contributed by atoms with Crippen LogP contribution < -0.4 is 5.32 Å². The van der Waals surface area contributed by atoms with E-state index in [0.717, 1.165) is 11.1 Å². The minimum atomic E-state index is -0.737. The number of methoxy groups -OCH3 is 1. The van der Waals surface area contributed by atoms with Gasteiger partial charge >= 0.3 is 6.16 Å². The van der Waals surface area contributed by atoms with Crippen molar-refractivity contribution in [2.75, 3.05) is 20.3 Å². The second kappa shape index (κ2) is 10.1. The summed E-state index contributed by atoms with van der Waals surface area (Å²) in [6.07, 6.45) is -0.280. The van der Waals surface area contributed by atoms with E-state index in [4.69, 9.17) is 14.2 Å². The fourth-order valence-electron chi connectivity index (χ4n) is 4.77. The van der Waals surface area contributed by atoms with E-state index in [9.17, 15) is 4.79 Å². The van der Waals surface area contributed by atoms with E-state index >= 15 is 0 Å². The summed E-state index contributed by atoms with van der Waals surface area (Å²) in [5.74, 6) is 0. The van der Waals surface area contributed by atoms with E-state index in [-0.39, 0.29) is 23.0 Å². The molecule has 2 aromatic carbocycles. The molecule has 0 radical (unpaired) electrons. The zero-order chi connectivity index (χ0) is 25.1. The van der Waals surface area contributed by atoms with Gasteiger partial charge in [0, 0.05) is 26.1 Å². The molecular formula is C29H41NO4. The largest absolute Gasteiger partial charge is 0.508 e. The molecule has 0 aliphatic carbocycles. The molecule has 1 N–H and O–H groups in total.